The van der Waals surface area contributed by atoms with Gasteiger partial charge in [0.2, 0.25) is 0 Å². The summed E-state index contributed by atoms with van der Waals surface area (Å²) in [6.07, 6.45) is 9.07. The van der Waals surface area contributed by atoms with Gasteiger partial charge in [0, 0.05) is 18.9 Å². The van der Waals surface area contributed by atoms with Crippen LogP contribution in [0, 0.1) is 11.3 Å². The van der Waals surface area contributed by atoms with Crippen LogP contribution in [0.1, 0.15) is 58.3 Å². The number of hydrogen-bond donors (Lipinski definition) is 2. The zero-order valence-corrected chi connectivity index (χ0v) is 11.8. The lowest BCUT2D eigenvalue weighted by atomic mass is 9.66. The number of imidazole rings is 1. The summed E-state index contributed by atoms with van der Waals surface area (Å²) in [4.78, 5) is 4.52. The first-order valence-electron chi connectivity index (χ1n) is 7.07. The average molecular weight is 250 g/mol. The fraction of sp³-hybridized carbons (Fsp3) is 0.786. The number of nitrogens with one attached hydrogen (secondary N) is 1. The number of aromatic nitrogens is 2. The first kappa shape index (κ1) is 13.6. The topological polar surface area (TPSA) is 55.9 Å². The largest absolute Gasteiger partial charge is 0.334 e. The van der Waals surface area contributed by atoms with Gasteiger partial charge in [0.15, 0.2) is 0 Å². The first-order chi connectivity index (χ1) is 8.60. The Morgan fingerprint density at radius 1 is 1.56 bits per heavy atom. The molecule has 0 saturated heterocycles. The van der Waals surface area contributed by atoms with Crippen LogP contribution in [0.15, 0.2) is 12.4 Å². The zero-order chi connectivity index (χ0) is 13.2. The van der Waals surface area contributed by atoms with Crippen LogP contribution in [0.3, 0.4) is 0 Å². The van der Waals surface area contributed by atoms with E-state index in [-0.39, 0.29) is 6.04 Å². The Labute approximate surface area is 110 Å². The summed E-state index contributed by atoms with van der Waals surface area (Å²) in [6.45, 7) is 7.81. The van der Waals surface area contributed by atoms with Crippen molar-refractivity contribution in [3.63, 3.8) is 0 Å². The molecule has 1 aliphatic rings. The van der Waals surface area contributed by atoms with Gasteiger partial charge in [-0.2, -0.15) is 0 Å². The van der Waals surface area contributed by atoms with Gasteiger partial charge >= 0.3 is 0 Å². The molecule has 0 radical (unpaired) electrons. The second kappa shape index (κ2) is 5.41. The predicted octanol–water partition coefficient (Wildman–Crippen LogP) is 2.62. The van der Waals surface area contributed by atoms with Crippen molar-refractivity contribution in [3.8, 4) is 0 Å². The third-order valence-electron chi connectivity index (χ3n) is 4.54. The lowest BCUT2D eigenvalue weighted by Crippen LogP contribution is -2.42. The minimum atomic E-state index is 0.162. The van der Waals surface area contributed by atoms with Crippen molar-refractivity contribution in [3.05, 3.63) is 18.2 Å². The summed E-state index contributed by atoms with van der Waals surface area (Å²) in [5, 5.41) is 0. The van der Waals surface area contributed by atoms with E-state index < -0.39 is 0 Å². The van der Waals surface area contributed by atoms with Crippen molar-refractivity contribution in [2.75, 3.05) is 0 Å². The number of hydrazine groups is 1. The standard InChI is InChI=1S/C14H26N4/c1-4-18-10-9-16-13(18)12(17-15)11-7-5-6-8-14(11,2)3/h9-12,17H,4-8,15H2,1-3H3. The third-order valence-corrected chi connectivity index (χ3v) is 4.54. The highest BCUT2D eigenvalue weighted by atomic mass is 15.3. The Morgan fingerprint density at radius 2 is 2.33 bits per heavy atom. The van der Waals surface area contributed by atoms with Gasteiger partial charge in [-0.3, -0.25) is 5.84 Å². The van der Waals surface area contributed by atoms with Crippen LogP contribution >= 0.6 is 0 Å². The van der Waals surface area contributed by atoms with Crippen LogP contribution in [-0.4, -0.2) is 9.55 Å². The van der Waals surface area contributed by atoms with Crippen molar-refractivity contribution in [1.29, 1.82) is 0 Å². The quantitative estimate of drug-likeness (QED) is 0.638. The molecule has 4 nitrogen and oxygen atoms in total. The number of rotatable bonds is 4. The number of aryl methyl sites for hydroxylation is 1. The van der Waals surface area contributed by atoms with E-state index in [2.05, 4.69) is 35.7 Å². The van der Waals surface area contributed by atoms with Crippen molar-refractivity contribution in [1.82, 2.24) is 15.0 Å². The van der Waals surface area contributed by atoms with E-state index in [4.69, 9.17) is 5.84 Å². The van der Waals surface area contributed by atoms with Crippen LogP contribution < -0.4 is 11.3 Å². The predicted molar refractivity (Wildman–Crippen MR) is 73.7 cm³/mol. The molecular formula is C14H26N4. The Balaban J connectivity index is 2.27. The second-order valence-corrected chi connectivity index (χ2v) is 6.06. The molecule has 0 aromatic carbocycles. The van der Waals surface area contributed by atoms with Gasteiger partial charge in [0.05, 0.1) is 6.04 Å². The minimum Gasteiger partial charge on any atom is -0.334 e. The van der Waals surface area contributed by atoms with E-state index in [0.29, 0.717) is 11.3 Å². The summed E-state index contributed by atoms with van der Waals surface area (Å²) in [5.74, 6) is 7.48. The van der Waals surface area contributed by atoms with Crippen LogP contribution in [0.25, 0.3) is 0 Å². The third kappa shape index (κ3) is 2.45. The van der Waals surface area contributed by atoms with Crippen molar-refractivity contribution >= 4 is 0 Å². The van der Waals surface area contributed by atoms with Gasteiger partial charge < -0.3 is 4.57 Å². The van der Waals surface area contributed by atoms with Crippen molar-refractivity contribution in [2.24, 2.45) is 17.2 Å². The molecule has 2 atom stereocenters. The lowest BCUT2D eigenvalue weighted by Gasteiger charge is -2.42. The van der Waals surface area contributed by atoms with Gasteiger partial charge in [-0.15, -0.1) is 0 Å². The van der Waals surface area contributed by atoms with Gasteiger partial charge in [-0.25, -0.2) is 10.4 Å². The van der Waals surface area contributed by atoms with Crippen LogP contribution in [0.5, 0.6) is 0 Å². The number of nitrogens with two attached hydrogens (primary N) is 1. The Kier molecular flexibility index (Phi) is 4.07. The van der Waals surface area contributed by atoms with E-state index in [1.54, 1.807) is 0 Å². The van der Waals surface area contributed by atoms with Gasteiger partial charge in [0.1, 0.15) is 5.82 Å². The molecule has 1 aliphatic carbocycles. The molecular weight excluding hydrogens is 224 g/mol. The molecule has 1 aromatic heterocycles. The number of nitrogens with zero attached hydrogens (tertiary/aromatic N) is 2. The fourth-order valence-electron chi connectivity index (χ4n) is 3.38. The average Bonchev–Trinajstić information content (AvgIpc) is 2.80. The monoisotopic (exact) mass is 250 g/mol. The molecule has 1 saturated carbocycles. The smallest absolute Gasteiger partial charge is 0.127 e. The molecule has 102 valence electrons. The highest BCUT2D eigenvalue weighted by Gasteiger charge is 2.39. The van der Waals surface area contributed by atoms with Crippen LogP contribution in [0.4, 0.5) is 0 Å². The maximum absolute atomic E-state index is 5.84. The molecule has 1 heterocycles. The summed E-state index contributed by atoms with van der Waals surface area (Å²) in [5.41, 5.74) is 3.35. The van der Waals surface area contributed by atoms with Crippen molar-refractivity contribution < 1.29 is 0 Å². The van der Waals surface area contributed by atoms with E-state index >= 15 is 0 Å². The Bertz CT molecular complexity index is 383. The molecule has 1 aromatic rings. The molecule has 0 spiro atoms. The second-order valence-electron chi connectivity index (χ2n) is 6.06. The van der Waals surface area contributed by atoms with Crippen LogP contribution in [0.2, 0.25) is 0 Å². The molecule has 0 amide bonds. The van der Waals surface area contributed by atoms with Crippen molar-refractivity contribution in [2.45, 2.75) is 59.0 Å². The summed E-state index contributed by atoms with van der Waals surface area (Å²) >= 11 is 0. The molecule has 0 bridgehead atoms. The number of hydrogen-bond acceptors (Lipinski definition) is 3. The Morgan fingerprint density at radius 3 is 2.94 bits per heavy atom. The highest BCUT2D eigenvalue weighted by Crippen LogP contribution is 2.46. The molecule has 18 heavy (non-hydrogen) atoms. The van der Waals surface area contributed by atoms with E-state index in [1.807, 2.05) is 12.4 Å². The minimum absolute atomic E-state index is 0.162. The maximum Gasteiger partial charge on any atom is 0.127 e. The molecule has 1 fully saturated rings. The fourth-order valence-corrected chi connectivity index (χ4v) is 3.38. The summed E-state index contributed by atoms with van der Waals surface area (Å²) < 4.78 is 2.19. The summed E-state index contributed by atoms with van der Waals surface area (Å²) in [6, 6.07) is 0.162. The normalized spacial score (nSPS) is 25.0. The SMILES string of the molecule is CCn1ccnc1C(NN)C1CCCCC1(C)C. The molecule has 2 unspecified atom stereocenters. The summed E-state index contributed by atoms with van der Waals surface area (Å²) in [7, 11) is 0. The molecule has 0 aliphatic heterocycles. The lowest BCUT2D eigenvalue weighted by molar-refractivity contribution is 0.0935. The first-order valence-corrected chi connectivity index (χ1v) is 7.07. The van der Waals surface area contributed by atoms with Gasteiger partial charge in [-0.05, 0) is 31.1 Å². The molecule has 4 heteroatoms. The van der Waals surface area contributed by atoms with E-state index in [0.717, 1.165) is 12.4 Å². The zero-order valence-electron chi connectivity index (χ0n) is 11.8. The molecule has 2 rings (SSSR count). The van der Waals surface area contributed by atoms with E-state index in [9.17, 15) is 0 Å². The van der Waals surface area contributed by atoms with E-state index in [1.165, 1.54) is 25.7 Å². The van der Waals surface area contributed by atoms with Crippen LogP contribution in [-0.2, 0) is 6.54 Å². The highest BCUT2D eigenvalue weighted by molar-refractivity contribution is 5.04. The van der Waals surface area contributed by atoms with Gasteiger partial charge in [-0.1, -0.05) is 26.7 Å². The molecule has 3 N–H and O–H groups in total. The van der Waals surface area contributed by atoms with Gasteiger partial charge in [0.25, 0.3) is 0 Å². The Hall–Kier alpha value is -0.870. The maximum atomic E-state index is 5.84.